The van der Waals surface area contributed by atoms with E-state index in [9.17, 15) is 4.39 Å². The van der Waals surface area contributed by atoms with Gasteiger partial charge in [0.15, 0.2) is 0 Å². The molecule has 5 heteroatoms. The number of hydrogen-bond donors (Lipinski definition) is 2. The lowest BCUT2D eigenvalue weighted by atomic mass is 10.1. The summed E-state index contributed by atoms with van der Waals surface area (Å²) in [6, 6.07) is 14.3. The molecule has 0 radical (unpaired) electrons. The first kappa shape index (κ1) is 15.3. The minimum atomic E-state index is -0.223. The highest BCUT2D eigenvalue weighted by atomic mass is 35.5. The molecule has 0 saturated heterocycles. The van der Waals surface area contributed by atoms with Crippen molar-refractivity contribution in [1.82, 2.24) is 5.43 Å². The predicted molar refractivity (Wildman–Crippen MR) is 83.4 cm³/mol. The molecular weight excluding hydrogens is 295 g/mol. The van der Waals surface area contributed by atoms with Crippen LogP contribution >= 0.6 is 23.4 Å². The summed E-state index contributed by atoms with van der Waals surface area (Å²) in [7, 11) is 0. The van der Waals surface area contributed by atoms with Crippen LogP contribution in [0.15, 0.2) is 53.4 Å². The number of nitrogens with two attached hydrogens (primary N) is 1. The van der Waals surface area contributed by atoms with Gasteiger partial charge >= 0.3 is 0 Å². The molecule has 0 spiro atoms. The predicted octanol–water partition coefficient (Wildman–Crippen LogP) is 3.65. The monoisotopic (exact) mass is 310 g/mol. The fourth-order valence-electron chi connectivity index (χ4n) is 1.82. The lowest BCUT2D eigenvalue weighted by Crippen LogP contribution is -2.38. The van der Waals surface area contributed by atoms with Crippen molar-refractivity contribution in [3.8, 4) is 0 Å². The van der Waals surface area contributed by atoms with Crippen molar-refractivity contribution in [2.24, 2.45) is 5.84 Å². The van der Waals surface area contributed by atoms with Crippen molar-refractivity contribution < 1.29 is 4.39 Å². The Morgan fingerprint density at radius 3 is 2.60 bits per heavy atom. The van der Waals surface area contributed by atoms with Crippen LogP contribution in [0.1, 0.15) is 5.56 Å². The van der Waals surface area contributed by atoms with Gasteiger partial charge < -0.3 is 0 Å². The Morgan fingerprint density at radius 1 is 1.20 bits per heavy atom. The van der Waals surface area contributed by atoms with Crippen molar-refractivity contribution in [3.63, 3.8) is 0 Å². The Hall–Kier alpha value is -1.07. The highest BCUT2D eigenvalue weighted by Crippen LogP contribution is 2.22. The van der Waals surface area contributed by atoms with Crippen LogP contribution in [-0.4, -0.2) is 11.8 Å². The Morgan fingerprint density at radius 2 is 1.95 bits per heavy atom. The topological polar surface area (TPSA) is 38.0 Å². The van der Waals surface area contributed by atoms with Crippen LogP contribution in [-0.2, 0) is 6.42 Å². The first-order valence-electron chi connectivity index (χ1n) is 6.26. The second-order valence-corrected chi connectivity index (χ2v) is 5.99. The lowest BCUT2D eigenvalue weighted by Gasteiger charge is -2.15. The van der Waals surface area contributed by atoms with E-state index in [-0.39, 0.29) is 11.9 Å². The average Bonchev–Trinajstić information content (AvgIpc) is 2.45. The quantitative estimate of drug-likeness (QED) is 0.486. The van der Waals surface area contributed by atoms with E-state index in [0.29, 0.717) is 0 Å². The molecule has 1 unspecified atom stereocenters. The maximum absolute atomic E-state index is 12.9. The lowest BCUT2D eigenvalue weighted by molar-refractivity contribution is 0.573. The molecule has 0 saturated carbocycles. The van der Waals surface area contributed by atoms with E-state index >= 15 is 0 Å². The molecule has 0 aliphatic carbocycles. The molecule has 0 aliphatic rings. The molecule has 2 aromatic carbocycles. The van der Waals surface area contributed by atoms with E-state index in [2.05, 4.69) is 5.43 Å². The van der Waals surface area contributed by atoms with Crippen molar-refractivity contribution >= 4 is 23.4 Å². The molecule has 3 N–H and O–H groups in total. The summed E-state index contributed by atoms with van der Waals surface area (Å²) in [4.78, 5) is 1.11. The molecule has 1 atom stereocenters. The molecule has 0 aliphatic heterocycles. The van der Waals surface area contributed by atoms with Crippen molar-refractivity contribution in [3.05, 3.63) is 64.9 Å². The van der Waals surface area contributed by atoms with Gasteiger partial charge in [0, 0.05) is 21.7 Å². The summed E-state index contributed by atoms with van der Waals surface area (Å²) in [6.07, 6.45) is 0.754. The van der Waals surface area contributed by atoms with Gasteiger partial charge in [-0.2, -0.15) is 0 Å². The highest BCUT2D eigenvalue weighted by molar-refractivity contribution is 7.99. The summed E-state index contributed by atoms with van der Waals surface area (Å²) in [5, 5.41) is 0.728. The van der Waals surface area contributed by atoms with Gasteiger partial charge in [0.25, 0.3) is 0 Å². The number of benzene rings is 2. The Bertz CT molecular complexity index is 548. The number of hydrazine groups is 1. The molecule has 2 nitrogen and oxygen atoms in total. The van der Waals surface area contributed by atoms with Gasteiger partial charge in [-0.25, -0.2) is 4.39 Å². The van der Waals surface area contributed by atoms with Gasteiger partial charge in [-0.3, -0.25) is 11.3 Å². The molecule has 0 amide bonds. The summed E-state index contributed by atoms with van der Waals surface area (Å²) in [5.74, 6) is 6.17. The SMILES string of the molecule is NNC(CSc1cccc(Cl)c1)Cc1ccc(F)cc1. The summed E-state index contributed by atoms with van der Waals surface area (Å²) in [5.41, 5.74) is 3.86. The molecule has 2 rings (SSSR count). The number of halogens is 2. The van der Waals surface area contributed by atoms with E-state index in [1.54, 1.807) is 23.9 Å². The maximum Gasteiger partial charge on any atom is 0.123 e. The minimum Gasteiger partial charge on any atom is -0.271 e. The average molecular weight is 311 g/mol. The Kier molecular flexibility index (Phi) is 5.86. The number of hydrogen-bond acceptors (Lipinski definition) is 3. The van der Waals surface area contributed by atoms with Crippen LogP contribution < -0.4 is 11.3 Å². The van der Waals surface area contributed by atoms with E-state index in [1.165, 1.54) is 12.1 Å². The van der Waals surface area contributed by atoms with Crippen molar-refractivity contribution in [1.29, 1.82) is 0 Å². The van der Waals surface area contributed by atoms with E-state index < -0.39 is 0 Å². The largest absolute Gasteiger partial charge is 0.271 e. The van der Waals surface area contributed by atoms with Crippen LogP contribution in [0.25, 0.3) is 0 Å². The third-order valence-electron chi connectivity index (χ3n) is 2.88. The first-order chi connectivity index (χ1) is 9.67. The van der Waals surface area contributed by atoms with Gasteiger partial charge in [-0.15, -0.1) is 11.8 Å². The van der Waals surface area contributed by atoms with E-state index in [4.69, 9.17) is 17.4 Å². The minimum absolute atomic E-state index is 0.115. The van der Waals surface area contributed by atoms with Gasteiger partial charge in [-0.1, -0.05) is 29.8 Å². The standard InChI is InChI=1S/C15H16ClFN2S/c16-12-2-1-3-15(9-12)20-10-14(19-18)8-11-4-6-13(17)7-5-11/h1-7,9,14,19H,8,10,18H2. The van der Waals surface area contributed by atoms with Crippen LogP contribution in [0.5, 0.6) is 0 Å². The maximum atomic E-state index is 12.9. The number of nitrogens with one attached hydrogen (secondary N) is 1. The van der Waals surface area contributed by atoms with Crippen LogP contribution in [0.4, 0.5) is 4.39 Å². The molecule has 0 aromatic heterocycles. The first-order valence-corrected chi connectivity index (χ1v) is 7.62. The second-order valence-electron chi connectivity index (χ2n) is 4.46. The highest BCUT2D eigenvalue weighted by Gasteiger charge is 2.09. The van der Waals surface area contributed by atoms with Crippen LogP contribution in [0, 0.1) is 5.82 Å². The van der Waals surface area contributed by atoms with E-state index in [1.807, 2.05) is 24.3 Å². The van der Waals surface area contributed by atoms with Gasteiger partial charge in [0.05, 0.1) is 0 Å². The van der Waals surface area contributed by atoms with Gasteiger partial charge in [0.2, 0.25) is 0 Å². The van der Waals surface area contributed by atoms with E-state index in [0.717, 1.165) is 27.7 Å². The summed E-state index contributed by atoms with van der Waals surface area (Å²) in [6.45, 7) is 0. The van der Waals surface area contributed by atoms with Gasteiger partial charge in [0.1, 0.15) is 5.82 Å². The van der Waals surface area contributed by atoms with Crippen molar-refractivity contribution in [2.45, 2.75) is 17.4 Å². The Labute approximate surface area is 127 Å². The molecule has 106 valence electrons. The zero-order valence-electron chi connectivity index (χ0n) is 10.9. The van der Waals surface area contributed by atoms with Crippen molar-refractivity contribution in [2.75, 3.05) is 5.75 Å². The molecule has 0 heterocycles. The molecule has 20 heavy (non-hydrogen) atoms. The molecule has 0 bridgehead atoms. The Balaban J connectivity index is 1.90. The van der Waals surface area contributed by atoms with Crippen LogP contribution in [0.3, 0.4) is 0 Å². The normalized spacial score (nSPS) is 12.3. The number of thioether (sulfide) groups is 1. The zero-order valence-corrected chi connectivity index (χ0v) is 12.4. The zero-order chi connectivity index (χ0) is 14.4. The van der Waals surface area contributed by atoms with Gasteiger partial charge in [-0.05, 0) is 42.3 Å². The fourth-order valence-corrected chi connectivity index (χ4v) is 3.07. The van der Waals surface area contributed by atoms with Crippen LogP contribution in [0.2, 0.25) is 5.02 Å². The third kappa shape index (κ3) is 4.80. The molecular formula is C15H16ClFN2S. The number of rotatable bonds is 6. The third-order valence-corrected chi connectivity index (χ3v) is 4.27. The second kappa shape index (κ2) is 7.64. The molecule has 0 fully saturated rings. The smallest absolute Gasteiger partial charge is 0.123 e. The fraction of sp³-hybridized carbons (Fsp3) is 0.200. The summed E-state index contributed by atoms with van der Waals surface area (Å²) < 4.78 is 12.9. The molecule has 2 aromatic rings. The summed E-state index contributed by atoms with van der Waals surface area (Å²) >= 11 is 7.64.